The third-order valence-electron chi connectivity index (χ3n) is 3.26. The zero-order valence-corrected chi connectivity index (χ0v) is 13.0. The summed E-state index contributed by atoms with van der Waals surface area (Å²) >= 11 is 3.46. The summed E-state index contributed by atoms with van der Waals surface area (Å²) in [6, 6.07) is 16.3. The SMILES string of the molecule is CN(CCc1ccccc1)c1ccc(C(=N)N)c(Br)c1. The van der Waals surface area contributed by atoms with Gasteiger partial charge in [0, 0.05) is 29.3 Å². The summed E-state index contributed by atoms with van der Waals surface area (Å²) in [4.78, 5) is 2.20. The Hall–Kier alpha value is -1.81. The highest BCUT2D eigenvalue weighted by atomic mass is 79.9. The molecule has 0 bridgehead atoms. The molecule has 20 heavy (non-hydrogen) atoms. The lowest BCUT2D eigenvalue weighted by atomic mass is 10.1. The van der Waals surface area contributed by atoms with Gasteiger partial charge in [0.05, 0.1) is 0 Å². The molecule has 0 heterocycles. The Balaban J connectivity index is 2.04. The van der Waals surface area contributed by atoms with Crippen LogP contribution in [0.1, 0.15) is 11.1 Å². The number of likely N-dealkylation sites (N-methyl/N-ethyl adjacent to an activating group) is 1. The molecule has 4 heteroatoms. The largest absolute Gasteiger partial charge is 0.384 e. The topological polar surface area (TPSA) is 53.1 Å². The molecule has 0 unspecified atom stereocenters. The van der Waals surface area contributed by atoms with Gasteiger partial charge in [0.15, 0.2) is 0 Å². The number of rotatable bonds is 5. The number of hydrogen-bond donors (Lipinski definition) is 2. The van der Waals surface area contributed by atoms with E-state index in [1.165, 1.54) is 5.56 Å². The predicted octanol–water partition coefficient (Wildman–Crippen LogP) is 3.41. The van der Waals surface area contributed by atoms with Gasteiger partial charge in [-0.2, -0.15) is 0 Å². The number of nitrogens with zero attached hydrogens (tertiary/aromatic N) is 1. The maximum atomic E-state index is 7.48. The van der Waals surface area contributed by atoms with Gasteiger partial charge in [-0.15, -0.1) is 0 Å². The molecule has 0 aliphatic heterocycles. The Bertz CT molecular complexity index is 596. The lowest BCUT2D eigenvalue weighted by Crippen LogP contribution is -2.20. The zero-order chi connectivity index (χ0) is 14.5. The van der Waals surface area contributed by atoms with Gasteiger partial charge in [-0.1, -0.05) is 30.3 Å². The van der Waals surface area contributed by atoms with Crippen LogP contribution < -0.4 is 10.6 Å². The van der Waals surface area contributed by atoms with E-state index in [9.17, 15) is 0 Å². The standard InChI is InChI=1S/C16H18BrN3/c1-20(10-9-12-5-3-2-4-6-12)13-7-8-14(16(18)19)15(17)11-13/h2-8,11H,9-10H2,1H3,(H3,18,19). The Morgan fingerprint density at radius 3 is 2.50 bits per heavy atom. The van der Waals surface area contributed by atoms with E-state index in [0.29, 0.717) is 0 Å². The summed E-state index contributed by atoms with van der Waals surface area (Å²) in [6.07, 6.45) is 1.00. The van der Waals surface area contributed by atoms with Gasteiger partial charge in [-0.3, -0.25) is 5.41 Å². The fourth-order valence-electron chi connectivity index (χ4n) is 2.03. The van der Waals surface area contributed by atoms with E-state index in [2.05, 4.69) is 52.1 Å². The Morgan fingerprint density at radius 2 is 1.90 bits per heavy atom. The molecule has 0 aliphatic carbocycles. The summed E-state index contributed by atoms with van der Waals surface area (Å²) < 4.78 is 0.856. The first-order chi connectivity index (χ1) is 9.58. The molecule has 2 aromatic rings. The zero-order valence-electron chi connectivity index (χ0n) is 11.4. The van der Waals surface area contributed by atoms with E-state index < -0.39 is 0 Å². The number of nitrogens with one attached hydrogen (secondary N) is 1. The van der Waals surface area contributed by atoms with Crippen molar-refractivity contribution in [3.8, 4) is 0 Å². The van der Waals surface area contributed by atoms with E-state index in [1.807, 2.05) is 24.3 Å². The van der Waals surface area contributed by atoms with E-state index in [0.717, 1.165) is 28.7 Å². The van der Waals surface area contributed by atoms with Crippen molar-refractivity contribution in [3.63, 3.8) is 0 Å². The average Bonchev–Trinajstić information content (AvgIpc) is 2.45. The maximum absolute atomic E-state index is 7.48. The molecule has 104 valence electrons. The number of hydrogen-bond acceptors (Lipinski definition) is 2. The monoisotopic (exact) mass is 331 g/mol. The van der Waals surface area contributed by atoms with Crippen molar-refractivity contribution >= 4 is 27.5 Å². The summed E-state index contributed by atoms with van der Waals surface area (Å²) in [7, 11) is 2.07. The number of amidine groups is 1. The van der Waals surface area contributed by atoms with Gasteiger partial charge in [-0.25, -0.2) is 0 Å². The first-order valence-corrected chi connectivity index (χ1v) is 7.26. The van der Waals surface area contributed by atoms with Crippen LogP contribution in [0.3, 0.4) is 0 Å². The summed E-state index contributed by atoms with van der Waals surface area (Å²) in [6.45, 7) is 0.940. The van der Waals surface area contributed by atoms with Crippen LogP contribution in [-0.2, 0) is 6.42 Å². The van der Waals surface area contributed by atoms with Crippen molar-refractivity contribution in [1.82, 2.24) is 0 Å². The fourth-order valence-corrected chi connectivity index (χ4v) is 2.61. The molecular weight excluding hydrogens is 314 g/mol. The molecule has 0 radical (unpaired) electrons. The van der Waals surface area contributed by atoms with Crippen molar-refractivity contribution in [1.29, 1.82) is 5.41 Å². The summed E-state index contributed by atoms with van der Waals surface area (Å²) in [5.41, 5.74) is 8.68. The Kier molecular flexibility index (Phi) is 4.79. The number of anilines is 1. The molecule has 0 amide bonds. The minimum Gasteiger partial charge on any atom is -0.384 e. The summed E-state index contributed by atoms with van der Waals surface area (Å²) in [5.74, 6) is 0.0790. The molecule has 0 atom stereocenters. The highest BCUT2D eigenvalue weighted by Crippen LogP contribution is 2.23. The van der Waals surface area contributed by atoms with Crippen LogP contribution in [0.2, 0.25) is 0 Å². The van der Waals surface area contributed by atoms with Gasteiger partial charge in [-0.05, 0) is 46.1 Å². The average molecular weight is 332 g/mol. The molecule has 0 aliphatic rings. The minimum absolute atomic E-state index is 0.0790. The number of nitrogens with two attached hydrogens (primary N) is 1. The van der Waals surface area contributed by atoms with E-state index in [1.54, 1.807) is 0 Å². The molecule has 2 rings (SSSR count). The van der Waals surface area contributed by atoms with Crippen molar-refractivity contribution in [2.24, 2.45) is 5.73 Å². The van der Waals surface area contributed by atoms with Gasteiger partial charge in [0.25, 0.3) is 0 Å². The van der Waals surface area contributed by atoms with Crippen molar-refractivity contribution in [2.45, 2.75) is 6.42 Å². The second-order valence-electron chi connectivity index (χ2n) is 4.73. The first kappa shape index (κ1) is 14.6. The molecule has 3 N–H and O–H groups in total. The van der Waals surface area contributed by atoms with Crippen LogP contribution in [0, 0.1) is 5.41 Å². The summed E-state index contributed by atoms with van der Waals surface area (Å²) in [5, 5.41) is 7.48. The van der Waals surface area contributed by atoms with Crippen LogP contribution >= 0.6 is 15.9 Å². The van der Waals surface area contributed by atoms with Crippen LogP contribution in [0.15, 0.2) is 53.0 Å². The first-order valence-electron chi connectivity index (χ1n) is 6.47. The van der Waals surface area contributed by atoms with E-state index in [-0.39, 0.29) is 5.84 Å². The van der Waals surface area contributed by atoms with Gasteiger partial charge in [0.1, 0.15) is 5.84 Å². The molecule has 2 aromatic carbocycles. The molecule has 0 aromatic heterocycles. The second kappa shape index (κ2) is 6.57. The molecular formula is C16H18BrN3. The van der Waals surface area contributed by atoms with Crippen molar-refractivity contribution < 1.29 is 0 Å². The highest BCUT2D eigenvalue weighted by molar-refractivity contribution is 9.10. The fraction of sp³-hybridized carbons (Fsp3) is 0.188. The normalized spacial score (nSPS) is 10.3. The Labute approximate surface area is 128 Å². The Morgan fingerprint density at radius 1 is 1.20 bits per heavy atom. The lowest BCUT2D eigenvalue weighted by molar-refractivity contribution is 0.876. The van der Waals surface area contributed by atoms with E-state index >= 15 is 0 Å². The molecule has 3 nitrogen and oxygen atoms in total. The number of nitrogen functional groups attached to an aromatic ring is 1. The third kappa shape index (κ3) is 3.61. The van der Waals surface area contributed by atoms with Crippen LogP contribution in [-0.4, -0.2) is 19.4 Å². The molecule has 0 saturated carbocycles. The highest BCUT2D eigenvalue weighted by Gasteiger charge is 2.07. The van der Waals surface area contributed by atoms with Crippen LogP contribution in [0.25, 0.3) is 0 Å². The second-order valence-corrected chi connectivity index (χ2v) is 5.59. The van der Waals surface area contributed by atoms with Gasteiger partial charge >= 0.3 is 0 Å². The third-order valence-corrected chi connectivity index (χ3v) is 3.92. The quantitative estimate of drug-likeness (QED) is 0.651. The molecule has 0 spiro atoms. The van der Waals surface area contributed by atoms with Gasteiger partial charge < -0.3 is 10.6 Å². The van der Waals surface area contributed by atoms with Crippen molar-refractivity contribution in [2.75, 3.05) is 18.5 Å². The number of halogens is 1. The van der Waals surface area contributed by atoms with Crippen molar-refractivity contribution in [3.05, 3.63) is 64.1 Å². The van der Waals surface area contributed by atoms with Crippen LogP contribution in [0.5, 0.6) is 0 Å². The van der Waals surface area contributed by atoms with Crippen LogP contribution in [0.4, 0.5) is 5.69 Å². The maximum Gasteiger partial charge on any atom is 0.123 e. The molecule has 0 saturated heterocycles. The molecule has 0 fully saturated rings. The number of benzene rings is 2. The van der Waals surface area contributed by atoms with Gasteiger partial charge in [0.2, 0.25) is 0 Å². The lowest BCUT2D eigenvalue weighted by Gasteiger charge is -2.20. The van der Waals surface area contributed by atoms with E-state index in [4.69, 9.17) is 11.1 Å². The smallest absolute Gasteiger partial charge is 0.123 e. The minimum atomic E-state index is 0.0790. The predicted molar refractivity (Wildman–Crippen MR) is 88.6 cm³/mol.